The third-order valence-corrected chi connectivity index (χ3v) is 4.83. The minimum absolute atomic E-state index is 0.215. The van der Waals surface area contributed by atoms with Crippen LogP contribution >= 0.6 is 0 Å². The minimum Gasteiger partial charge on any atom is -0.494 e. The molecule has 2 nitrogen and oxygen atoms in total. The van der Waals surface area contributed by atoms with Crippen molar-refractivity contribution in [3.05, 3.63) is 29.8 Å². The summed E-state index contributed by atoms with van der Waals surface area (Å²) in [4.78, 5) is 0. The van der Waals surface area contributed by atoms with Crippen molar-refractivity contribution >= 4 is 0 Å². The highest BCUT2D eigenvalue weighted by molar-refractivity contribution is 5.39. The quantitative estimate of drug-likeness (QED) is 0.883. The van der Waals surface area contributed by atoms with Gasteiger partial charge in [-0.15, -0.1) is 0 Å². The zero-order chi connectivity index (χ0) is 14.8. The molecule has 2 heteroatoms. The Kier molecular flexibility index (Phi) is 4.43. The van der Waals surface area contributed by atoms with Crippen molar-refractivity contribution in [1.29, 1.82) is 0 Å². The molecule has 0 amide bonds. The lowest BCUT2D eigenvalue weighted by Gasteiger charge is -2.42. The highest BCUT2D eigenvalue weighted by atomic mass is 16.5. The molecule has 1 aromatic carbocycles. The normalized spacial score (nSPS) is 27.4. The zero-order valence-corrected chi connectivity index (χ0v) is 13.4. The van der Waals surface area contributed by atoms with E-state index in [-0.39, 0.29) is 5.54 Å². The van der Waals surface area contributed by atoms with E-state index >= 15 is 0 Å². The van der Waals surface area contributed by atoms with Gasteiger partial charge < -0.3 is 10.5 Å². The van der Waals surface area contributed by atoms with Gasteiger partial charge in [-0.1, -0.05) is 39.0 Å². The van der Waals surface area contributed by atoms with Gasteiger partial charge in [0.2, 0.25) is 0 Å². The Labute approximate surface area is 123 Å². The van der Waals surface area contributed by atoms with Crippen LogP contribution in [-0.4, -0.2) is 6.61 Å². The second-order valence-corrected chi connectivity index (χ2v) is 7.23. The second kappa shape index (κ2) is 5.77. The first kappa shape index (κ1) is 15.4. The molecule has 1 fully saturated rings. The Bertz CT molecular complexity index is 439. The van der Waals surface area contributed by atoms with Crippen LogP contribution in [0, 0.1) is 11.3 Å². The van der Waals surface area contributed by atoms with Gasteiger partial charge in [0.15, 0.2) is 0 Å². The lowest BCUT2D eigenvalue weighted by molar-refractivity contribution is 0.132. The molecule has 2 N–H and O–H groups in total. The third-order valence-electron chi connectivity index (χ3n) is 4.83. The van der Waals surface area contributed by atoms with Gasteiger partial charge in [0, 0.05) is 11.1 Å². The number of benzene rings is 1. The molecule has 1 aliphatic carbocycles. The molecule has 0 saturated heterocycles. The molecule has 0 atom stereocenters. The Morgan fingerprint density at radius 1 is 1.20 bits per heavy atom. The topological polar surface area (TPSA) is 35.2 Å². The fourth-order valence-electron chi connectivity index (χ4n) is 3.43. The van der Waals surface area contributed by atoms with Crippen LogP contribution in [0.15, 0.2) is 24.3 Å². The van der Waals surface area contributed by atoms with Crippen LogP contribution in [0.25, 0.3) is 0 Å². The number of nitrogens with two attached hydrogens (primary N) is 1. The summed E-state index contributed by atoms with van der Waals surface area (Å²) in [6.07, 6.45) is 4.53. The van der Waals surface area contributed by atoms with Crippen molar-refractivity contribution in [2.75, 3.05) is 6.61 Å². The summed E-state index contributed by atoms with van der Waals surface area (Å²) in [5.41, 5.74) is 8.10. The van der Waals surface area contributed by atoms with Crippen LogP contribution in [0.1, 0.15) is 58.9 Å². The van der Waals surface area contributed by atoms with E-state index in [1.54, 1.807) is 0 Å². The van der Waals surface area contributed by atoms with Crippen LogP contribution in [0.3, 0.4) is 0 Å². The first-order chi connectivity index (χ1) is 9.37. The maximum atomic E-state index is 6.74. The zero-order valence-electron chi connectivity index (χ0n) is 13.4. The van der Waals surface area contributed by atoms with E-state index in [0.29, 0.717) is 12.0 Å². The van der Waals surface area contributed by atoms with Gasteiger partial charge in [-0.25, -0.2) is 0 Å². The van der Waals surface area contributed by atoms with Crippen molar-refractivity contribution in [3.63, 3.8) is 0 Å². The molecule has 0 spiro atoms. The molecule has 0 radical (unpaired) electrons. The van der Waals surface area contributed by atoms with Crippen LogP contribution in [0.4, 0.5) is 0 Å². The molecule has 1 saturated carbocycles. The summed E-state index contributed by atoms with van der Waals surface area (Å²) < 4.78 is 5.77. The molecule has 2 rings (SSSR count). The van der Waals surface area contributed by atoms with Crippen LogP contribution in [-0.2, 0) is 5.54 Å². The predicted molar refractivity (Wildman–Crippen MR) is 84.9 cm³/mol. The molecule has 0 unspecified atom stereocenters. The molecule has 0 aliphatic heterocycles. The Morgan fingerprint density at radius 3 is 2.35 bits per heavy atom. The molecule has 1 aromatic rings. The third kappa shape index (κ3) is 3.17. The van der Waals surface area contributed by atoms with Crippen LogP contribution < -0.4 is 10.5 Å². The van der Waals surface area contributed by atoms with Crippen molar-refractivity contribution in [2.24, 2.45) is 17.1 Å². The summed E-state index contributed by atoms with van der Waals surface area (Å²) in [7, 11) is 0. The van der Waals surface area contributed by atoms with Crippen molar-refractivity contribution in [1.82, 2.24) is 0 Å². The van der Waals surface area contributed by atoms with Crippen molar-refractivity contribution in [3.8, 4) is 5.75 Å². The smallest absolute Gasteiger partial charge is 0.124 e. The molecule has 112 valence electrons. The number of hydrogen-bond donors (Lipinski definition) is 1. The molecule has 1 aliphatic rings. The number of rotatable bonds is 3. The maximum Gasteiger partial charge on any atom is 0.124 e. The highest BCUT2D eigenvalue weighted by Gasteiger charge is 2.38. The lowest BCUT2D eigenvalue weighted by Crippen LogP contribution is -2.42. The molecular formula is C18H29NO. The Balaban J connectivity index is 2.18. The SMILES string of the molecule is CCOc1ccccc1C1(N)CCC(C(C)(C)C)CC1. The van der Waals surface area contributed by atoms with Gasteiger partial charge in [0.1, 0.15) is 5.75 Å². The standard InChI is InChI=1S/C18H29NO/c1-5-20-16-9-7-6-8-15(16)18(19)12-10-14(11-13-18)17(2,3)4/h6-9,14H,5,10-13,19H2,1-4H3. The summed E-state index contributed by atoms with van der Waals surface area (Å²) in [5, 5.41) is 0. The van der Waals surface area contributed by atoms with E-state index in [1.807, 2.05) is 19.1 Å². The van der Waals surface area contributed by atoms with E-state index < -0.39 is 0 Å². The molecule has 20 heavy (non-hydrogen) atoms. The monoisotopic (exact) mass is 275 g/mol. The van der Waals surface area contributed by atoms with Gasteiger partial charge in [-0.05, 0) is 50.0 Å². The average molecular weight is 275 g/mol. The van der Waals surface area contributed by atoms with Gasteiger partial charge in [-0.3, -0.25) is 0 Å². The summed E-state index contributed by atoms with van der Waals surface area (Å²) in [6.45, 7) is 9.74. The Morgan fingerprint density at radius 2 is 1.80 bits per heavy atom. The highest BCUT2D eigenvalue weighted by Crippen LogP contribution is 2.46. The van der Waals surface area contributed by atoms with Gasteiger partial charge >= 0.3 is 0 Å². The second-order valence-electron chi connectivity index (χ2n) is 7.23. The van der Waals surface area contributed by atoms with Gasteiger partial charge in [0.25, 0.3) is 0 Å². The fraction of sp³-hybridized carbons (Fsp3) is 0.667. The van der Waals surface area contributed by atoms with E-state index in [9.17, 15) is 0 Å². The molecule has 0 bridgehead atoms. The van der Waals surface area contributed by atoms with E-state index in [2.05, 4.69) is 32.9 Å². The fourth-order valence-corrected chi connectivity index (χ4v) is 3.43. The number of ether oxygens (including phenoxy) is 1. The Hall–Kier alpha value is -1.02. The van der Waals surface area contributed by atoms with Crippen molar-refractivity contribution in [2.45, 2.75) is 58.9 Å². The van der Waals surface area contributed by atoms with Crippen LogP contribution in [0.5, 0.6) is 5.75 Å². The van der Waals surface area contributed by atoms with Gasteiger partial charge in [-0.2, -0.15) is 0 Å². The minimum atomic E-state index is -0.215. The van der Waals surface area contributed by atoms with Crippen molar-refractivity contribution < 1.29 is 4.74 Å². The first-order valence-electron chi connectivity index (χ1n) is 7.88. The van der Waals surface area contributed by atoms with E-state index in [0.717, 1.165) is 24.5 Å². The van der Waals surface area contributed by atoms with E-state index in [4.69, 9.17) is 10.5 Å². The molecule has 0 heterocycles. The van der Waals surface area contributed by atoms with Gasteiger partial charge in [0.05, 0.1) is 6.61 Å². The maximum absolute atomic E-state index is 6.74. The van der Waals surface area contributed by atoms with Crippen LogP contribution in [0.2, 0.25) is 0 Å². The summed E-state index contributed by atoms with van der Waals surface area (Å²) >= 11 is 0. The first-order valence-corrected chi connectivity index (χ1v) is 7.88. The number of hydrogen-bond acceptors (Lipinski definition) is 2. The lowest BCUT2D eigenvalue weighted by atomic mass is 9.66. The summed E-state index contributed by atoms with van der Waals surface area (Å²) in [6, 6.07) is 8.28. The average Bonchev–Trinajstić information content (AvgIpc) is 2.39. The summed E-state index contributed by atoms with van der Waals surface area (Å²) in [5.74, 6) is 1.74. The predicted octanol–water partition coefficient (Wildman–Crippen LogP) is 4.48. The number of para-hydroxylation sites is 1. The molecular weight excluding hydrogens is 246 g/mol. The van der Waals surface area contributed by atoms with E-state index in [1.165, 1.54) is 18.4 Å². The molecule has 0 aromatic heterocycles. The largest absolute Gasteiger partial charge is 0.494 e.